The molecule has 1 heterocycles. The first kappa shape index (κ1) is 15.7. The van der Waals surface area contributed by atoms with Crippen molar-refractivity contribution in [3.63, 3.8) is 0 Å². The Morgan fingerprint density at radius 1 is 1.55 bits per heavy atom. The second kappa shape index (κ2) is 6.69. The molecule has 0 saturated heterocycles. The molecule has 0 aromatic carbocycles. The highest BCUT2D eigenvalue weighted by atomic mass is 16.6. The number of aromatic nitrogens is 1. The van der Waals surface area contributed by atoms with Crippen LogP contribution in [0.2, 0.25) is 0 Å². The first-order valence-electron chi connectivity index (χ1n) is 6.09. The van der Waals surface area contributed by atoms with Crippen LogP contribution in [0.3, 0.4) is 0 Å². The lowest BCUT2D eigenvalue weighted by atomic mass is 10.0. The highest BCUT2D eigenvalue weighted by Gasteiger charge is 2.22. The van der Waals surface area contributed by atoms with Gasteiger partial charge >= 0.3 is 5.97 Å². The lowest BCUT2D eigenvalue weighted by Crippen LogP contribution is -2.32. The largest absolute Gasteiger partial charge is 0.467 e. The number of nitro groups is 1. The molecule has 0 spiro atoms. The molecule has 110 valence electrons. The number of rotatable bonds is 6. The van der Waals surface area contributed by atoms with Gasteiger partial charge in [0, 0.05) is 0 Å². The van der Waals surface area contributed by atoms with Gasteiger partial charge in [-0.3, -0.25) is 10.1 Å². The second-order valence-electron chi connectivity index (χ2n) is 4.74. The van der Waals surface area contributed by atoms with Crippen molar-refractivity contribution in [3.05, 3.63) is 22.2 Å². The van der Waals surface area contributed by atoms with Crippen molar-refractivity contribution in [3.8, 4) is 0 Å². The minimum atomic E-state index is -0.631. The van der Waals surface area contributed by atoms with Crippen LogP contribution in [0.25, 0.3) is 0 Å². The number of carbonyl (C=O) groups excluding carboxylic acids is 1. The third-order valence-electron chi connectivity index (χ3n) is 2.56. The van der Waals surface area contributed by atoms with Crippen LogP contribution in [0.15, 0.2) is 12.1 Å². The summed E-state index contributed by atoms with van der Waals surface area (Å²) in [6.45, 7) is 3.90. The maximum absolute atomic E-state index is 11.7. The van der Waals surface area contributed by atoms with Crippen molar-refractivity contribution >= 4 is 23.3 Å². The fourth-order valence-corrected chi connectivity index (χ4v) is 1.72. The number of nitrogen functional groups attached to an aromatic ring is 1. The average molecular weight is 282 g/mol. The maximum Gasteiger partial charge on any atom is 0.328 e. The van der Waals surface area contributed by atoms with E-state index in [0.717, 1.165) is 6.07 Å². The first-order chi connectivity index (χ1) is 9.33. The third-order valence-corrected chi connectivity index (χ3v) is 2.56. The van der Waals surface area contributed by atoms with E-state index in [-0.39, 0.29) is 23.2 Å². The average Bonchev–Trinajstić information content (AvgIpc) is 2.35. The minimum Gasteiger partial charge on any atom is -0.467 e. The van der Waals surface area contributed by atoms with Crippen LogP contribution in [0.4, 0.5) is 17.3 Å². The molecule has 20 heavy (non-hydrogen) atoms. The van der Waals surface area contributed by atoms with E-state index in [1.807, 2.05) is 13.8 Å². The van der Waals surface area contributed by atoms with Crippen molar-refractivity contribution in [2.45, 2.75) is 26.3 Å². The fraction of sp³-hybridized carbons (Fsp3) is 0.500. The summed E-state index contributed by atoms with van der Waals surface area (Å²) < 4.78 is 4.70. The molecule has 1 aromatic heterocycles. The van der Waals surface area contributed by atoms with E-state index in [9.17, 15) is 14.9 Å². The normalized spacial score (nSPS) is 12.0. The molecular weight excluding hydrogens is 264 g/mol. The first-order valence-corrected chi connectivity index (χ1v) is 6.09. The fourth-order valence-electron chi connectivity index (χ4n) is 1.72. The van der Waals surface area contributed by atoms with E-state index < -0.39 is 16.9 Å². The maximum atomic E-state index is 11.7. The number of hydrogen-bond donors (Lipinski definition) is 2. The zero-order chi connectivity index (χ0) is 15.3. The molecule has 3 N–H and O–H groups in total. The molecule has 0 fully saturated rings. The van der Waals surface area contributed by atoms with Crippen LogP contribution >= 0.6 is 0 Å². The molecule has 0 saturated carbocycles. The van der Waals surface area contributed by atoms with Crippen molar-refractivity contribution in [1.82, 2.24) is 4.98 Å². The molecule has 0 aliphatic heterocycles. The molecule has 8 nitrogen and oxygen atoms in total. The minimum absolute atomic E-state index is 0.00913. The number of methoxy groups -OCH3 is 1. The Hall–Kier alpha value is -2.38. The van der Waals surface area contributed by atoms with Gasteiger partial charge in [0.05, 0.1) is 24.2 Å². The molecule has 0 amide bonds. The lowest BCUT2D eigenvalue weighted by Gasteiger charge is -2.18. The van der Waals surface area contributed by atoms with Crippen molar-refractivity contribution in [2.75, 3.05) is 18.2 Å². The quantitative estimate of drug-likeness (QED) is 0.461. The van der Waals surface area contributed by atoms with Crippen LogP contribution in [0.1, 0.15) is 20.3 Å². The smallest absolute Gasteiger partial charge is 0.328 e. The van der Waals surface area contributed by atoms with E-state index in [0.29, 0.717) is 6.42 Å². The number of hydrogen-bond acceptors (Lipinski definition) is 7. The lowest BCUT2D eigenvalue weighted by molar-refractivity contribution is -0.384. The zero-order valence-electron chi connectivity index (χ0n) is 11.6. The molecule has 0 aliphatic rings. The summed E-state index contributed by atoms with van der Waals surface area (Å²) in [4.78, 5) is 25.8. The molecule has 1 unspecified atom stereocenters. The predicted octanol–water partition coefficient (Wildman–Crippen LogP) is 1.57. The van der Waals surface area contributed by atoms with Gasteiger partial charge in [0.25, 0.3) is 5.69 Å². The predicted molar refractivity (Wildman–Crippen MR) is 74.2 cm³/mol. The van der Waals surface area contributed by atoms with Crippen LogP contribution in [0, 0.1) is 16.0 Å². The number of carbonyl (C=O) groups is 1. The Labute approximate surface area is 116 Å². The summed E-state index contributed by atoms with van der Waals surface area (Å²) in [6, 6.07) is 1.75. The van der Waals surface area contributed by atoms with Gasteiger partial charge < -0.3 is 15.8 Å². The van der Waals surface area contributed by atoms with Gasteiger partial charge in [0.15, 0.2) is 0 Å². The van der Waals surface area contributed by atoms with Gasteiger partial charge in [-0.15, -0.1) is 0 Å². The van der Waals surface area contributed by atoms with E-state index in [2.05, 4.69) is 10.3 Å². The molecule has 8 heteroatoms. The Balaban J connectivity index is 2.98. The number of anilines is 2. The topological polar surface area (TPSA) is 120 Å². The third kappa shape index (κ3) is 4.38. The highest BCUT2D eigenvalue weighted by molar-refractivity contribution is 5.79. The Morgan fingerprint density at radius 2 is 2.20 bits per heavy atom. The summed E-state index contributed by atoms with van der Waals surface area (Å²) in [5.41, 5.74) is 5.32. The SMILES string of the molecule is COC(=O)C(CC(C)C)Nc1cc([N+](=O)[O-])cc(N)n1. The number of nitrogens with zero attached hydrogens (tertiary/aromatic N) is 2. The van der Waals surface area contributed by atoms with Crippen LogP contribution in [0.5, 0.6) is 0 Å². The van der Waals surface area contributed by atoms with Gasteiger partial charge in [-0.1, -0.05) is 13.8 Å². The molecule has 1 atom stereocenters. The number of nitrogens with two attached hydrogens (primary N) is 1. The van der Waals surface area contributed by atoms with Gasteiger partial charge in [0.2, 0.25) is 0 Å². The Kier molecular flexibility index (Phi) is 5.24. The highest BCUT2D eigenvalue weighted by Crippen LogP contribution is 2.20. The van der Waals surface area contributed by atoms with E-state index in [1.54, 1.807) is 0 Å². The molecule has 0 radical (unpaired) electrons. The molecule has 0 aliphatic carbocycles. The molecule has 1 aromatic rings. The van der Waals surface area contributed by atoms with E-state index in [4.69, 9.17) is 10.5 Å². The number of esters is 1. The van der Waals surface area contributed by atoms with Gasteiger partial charge in [-0.05, 0) is 12.3 Å². The summed E-state index contributed by atoms with van der Waals surface area (Å²) >= 11 is 0. The van der Waals surface area contributed by atoms with Gasteiger partial charge in [0.1, 0.15) is 17.7 Å². The van der Waals surface area contributed by atoms with Gasteiger partial charge in [-0.2, -0.15) is 0 Å². The summed E-state index contributed by atoms with van der Waals surface area (Å²) in [6.07, 6.45) is 0.511. The summed E-state index contributed by atoms with van der Waals surface area (Å²) in [7, 11) is 1.28. The van der Waals surface area contributed by atoms with Gasteiger partial charge in [-0.25, -0.2) is 9.78 Å². The standard InChI is InChI=1S/C12H18N4O4/c1-7(2)4-9(12(17)20-3)14-11-6-8(16(18)19)5-10(13)15-11/h5-7,9H,4H2,1-3H3,(H3,13,14,15). The number of pyridine rings is 1. The summed E-state index contributed by atoms with van der Waals surface area (Å²) in [5.74, 6) is -0.0316. The Morgan fingerprint density at radius 3 is 2.70 bits per heavy atom. The van der Waals surface area contributed by atoms with Crippen LogP contribution in [-0.2, 0) is 9.53 Å². The van der Waals surface area contributed by atoms with E-state index >= 15 is 0 Å². The van der Waals surface area contributed by atoms with Crippen molar-refractivity contribution < 1.29 is 14.5 Å². The van der Waals surface area contributed by atoms with Crippen LogP contribution in [-0.4, -0.2) is 29.0 Å². The number of ether oxygens (including phenoxy) is 1. The van der Waals surface area contributed by atoms with Crippen molar-refractivity contribution in [2.24, 2.45) is 5.92 Å². The van der Waals surface area contributed by atoms with Crippen molar-refractivity contribution in [1.29, 1.82) is 0 Å². The Bertz CT molecular complexity index is 504. The molecule has 1 rings (SSSR count). The monoisotopic (exact) mass is 282 g/mol. The van der Waals surface area contributed by atoms with Crippen LogP contribution < -0.4 is 11.1 Å². The number of nitrogens with one attached hydrogen (secondary N) is 1. The molecular formula is C12H18N4O4. The molecule has 0 bridgehead atoms. The summed E-state index contributed by atoms with van der Waals surface area (Å²) in [5, 5.41) is 13.6. The van der Waals surface area contributed by atoms with E-state index in [1.165, 1.54) is 13.2 Å². The second-order valence-corrected chi connectivity index (χ2v) is 4.74. The zero-order valence-corrected chi connectivity index (χ0v) is 11.6.